The van der Waals surface area contributed by atoms with Gasteiger partial charge in [0.25, 0.3) is 5.91 Å². The van der Waals surface area contributed by atoms with Gasteiger partial charge in [-0.25, -0.2) is 9.37 Å². The average molecular weight is 444 g/mol. The lowest BCUT2D eigenvalue weighted by Gasteiger charge is -2.40. The summed E-state index contributed by atoms with van der Waals surface area (Å²) in [6, 6.07) is 2.05. The van der Waals surface area contributed by atoms with Crippen LogP contribution in [0.2, 0.25) is 0 Å². The van der Waals surface area contributed by atoms with Crippen molar-refractivity contribution in [2.75, 3.05) is 26.2 Å². The van der Waals surface area contributed by atoms with Crippen LogP contribution < -0.4 is 0 Å². The number of halogens is 1. The van der Waals surface area contributed by atoms with Crippen molar-refractivity contribution in [3.63, 3.8) is 0 Å². The molecular weight excluding hydrogens is 417 g/mol. The van der Waals surface area contributed by atoms with E-state index in [1.165, 1.54) is 25.5 Å². The zero-order valence-corrected chi connectivity index (χ0v) is 18.6. The second-order valence-corrected chi connectivity index (χ2v) is 9.11. The van der Waals surface area contributed by atoms with Crippen LogP contribution in [0.4, 0.5) is 4.39 Å². The van der Waals surface area contributed by atoms with Crippen molar-refractivity contribution in [3.05, 3.63) is 89.6 Å². The molecule has 2 aromatic heterocycles. The van der Waals surface area contributed by atoms with Gasteiger partial charge in [0.15, 0.2) is 11.5 Å². The van der Waals surface area contributed by atoms with Gasteiger partial charge in [0.1, 0.15) is 0 Å². The Hall–Kier alpha value is -3.45. The first-order valence-electron chi connectivity index (χ1n) is 11.5. The van der Waals surface area contributed by atoms with E-state index < -0.39 is 5.82 Å². The van der Waals surface area contributed by atoms with Gasteiger partial charge in [0.2, 0.25) is 0 Å². The average Bonchev–Trinajstić information content (AvgIpc) is 3.42. The van der Waals surface area contributed by atoms with Crippen LogP contribution >= 0.6 is 0 Å². The minimum Gasteiger partial charge on any atom is -0.367 e. The van der Waals surface area contributed by atoms with Gasteiger partial charge in [-0.15, -0.1) is 0 Å². The molecule has 0 spiro atoms. The van der Waals surface area contributed by atoms with E-state index in [9.17, 15) is 9.18 Å². The molecule has 168 valence electrons. The smallest absolute Gasteiger partial charge is 0.255 e. The highest BCUT2D eigenvalue weighted by molar-refractivity contribution is 5.99. The zero-order valence-electron chi connectivity index (χ0n) is 18.6. The summed E-state index contributed by atoms with van der Waals surface area (Å²) in [6.07, 6.45) is 19.4. The van der Waals surface area contributed by atoms with Gasteiger partial charge >= 0.3 is 0 Å². The number of allylic oxidation sites excluding steroid dienone is 6. The molecule has 2 fully saturated rings. The summed E-state index contributed by atoms with van der Waals surface area (Å²) >= 11 is 0. The van der Waals surface area contributed by atoms with E-state index in [1.807, 2.05) is 43.6 Å². The fourth-order valence-electron chi connectivity index (χ4n) is 5.26. The van der Waals surface area contributed by atoms with E-state index in [2.05, 4.69) is 20.9 Å². The quantitative estimate of drug-likeness (QED) is 0.711. The molecule has 0 radical (unpaired) electrons. The number of pyridine rings is 1. The van der Waals surface area contributed by atoms with Gasteiger partial charge in [-0.1, -0.05) is 12.2 Å². The normalized spacial score (nSPS) is 24.7. The lowest BCUT2D eigenvalue weighted by molar-refractivity contribution is -0.122. The minimum absolute atomic E-state index is 0.149. The van der Waals surface area contributed by atoms with E-state index in [0.717, 1.165) is 36.7 Å². The van der Waals surface area contributed by atoms with Crippen LogP contribution in [0.25, 0.3) is 11.2 Å². The van der Waals surface area contributed by atoms with Crippen molar-refractivity contribution in [2.45, 2.75) is 25.8 Å². The van der Waals surface area contributed by atoms with Crippen molar-refractivity contribution in [1.82, 2.24) is 24.1 Å². The molecule has 0 N–H and O–H groups in total. The van der Waals surface area contributed by atoms with Gasteiger partial charge in [-0.3, -0.25) is 14.6 Å². The van der Waals surface area contributed by atoms with Crippen LogP contribution in [0.1, 0.15) is 24.1 Å². The highest BCUT2D eigenvalue weighted by Crippen LogP contribution is 2.29. The van der Waals surface area contributed by atoms with E-state index in [0.29, 0.717) is 17.2 Å². The van der Waals surface area contributed by atoms with E-state index in [-0.39, 0.29) is 11.6 Å². The minimum atomic E-state index is -0.408. The lowest BCUT2D eigenvalue weighted by Crippen LogP contribution is -2.49. The van der Waals surface area contributed by atoms with Crippen molar-refractivity contribution < 1.29 is 9.18 Å². The molecule has 7 heteroatoms. The maximum atomic E-state index is 14.6. The molecule has 2 aromatic rings. The Morgan fingerprint density at radius 1 is 1.09 bits per heavy atom. The molecular formula is C26H26FN5O. The number of hydrogen-bond donors (Lipinski definition) is 0. The van der Waals surface area contributed by atoms with Crippen LogP contribution in [0, 0.1) is 12.7 Å². The predicted octanol–water partition coefficient (Wildman–Crippen LogP) is 3.64. The number of aromatic nitrogens is 2. The summed E-state index contributed by atoms with van der Waals surface area (Å²) in [4.78, 5) is 24.2. The maximum Gasteiger partial charge on any atom is 0.255 e. The number of carbonyl (C=O) groups excluding carboxylic acids is 1. The Labute approximate surface area is 192 Å². The number of hydrogen-bond acceptors (Lipinski definition) is 4. The summed E-state index contributed by atoms with van der Waals surface area (Å²) in [5, 5.41) is 0. The molecule has 0 aliphatic carbocycles. The largest absolute Gasteiger partial charge is 0.367 e. The first-order valence-corrected chi connectivity index (χ1v) is 11.5. The van der Waals surface area contributed by atoms with Crippen LogP contribution in [-0.4, -0.2) is 62.2 Å². The summed E-state index contributed by atoms with van der Waals surface area (Å²) < 4.78 is 16.3. The molecule has 6 rings (SSSR count). The molecule has 0 unspecified atom stereocenters. The standard InChI is InChI=1S/C26H26FN5O/c1-18-14-31-15-20(12-24(27)26(31)28-18)19-4-2-5-21-7-8-23(17-32(21)25(33)13-19)30-11-10-29-9-3-6-22(29)16-30/h2,4-5,7-8,12-15,17,22H,3,6,9-11,16H2,1H3/b4-2?,19-13?,21-5+/t22-/m0/s1. The van der Waals surface area contributed by atoms with Crippen molar-refractivity contribution in [2.24, 2.45) is 0 Å². The molecule has 4 aliphatic rings. The fraction of sp³-hybridized carbons (Fsp3) is 0.308. The lowest BCUT2D eigenvalue weighted by atomic mass is 10.0. The maximum absolute atomic E-state index is 14.6. The summed E-state index contributed by atoms with van der Waals surface area (Å²) in [7, 11) is 0. The van der Waals surface area contributed by atoms with Crippen molar-refractivity contribution in [3.8, 4) is 0 Å². The summed E-state index contributed by atoms with van der Waals surface area (Å²) in [5.74, 6) is -0.556. The van der Waals surface area contributed by atoms with Gasteiger partial charge in [0.05, 0.1) is 11.4 Å². The topological polar surface area (TPSA) is 44.1 Å². The molecule has 1 atom stereocenters. The molecule has 6 nitrogen and oxygen atoms in total. The Kier molecular flexibility index (Phi) is 4.80. The monoisotopic (exact) mass is 443 g/mol. The summed E-state index contributed by atoms with van der Waals surface area (Å²) in [5.41, 5.74) is 4.21. The van der Waals surface area contributed by atoms with Crippen LogP contribution in [0.3, 0.4) is 0 Å². The Bertz CT molecular complexity index is 1300. The van der Waals surface area contributed by atoms with Crippen molar-refractivity contribution in [1.29, 1.82) is 0 Å². The zero-order chi connectivity index (χ0) is 22.5. The molecule has 6 heterocycles. The van der Waals surface area contributed by atoms with Gasteiger partial charge in [-0.2, -0.15) is 0 Å². The van der Waals surface area contributed by atoms with Crippen LogP contribution in [0.5, 0.6) is 0 Å². The highest BCUT2D eigenvalue weighted by atomic mass is 19.1. The number of rotatable bonds is 2. The SMILES string of the molecule is Cc1cn2cc(C3=CC(=O)N4C=C(N5CCN6CCC[C@H]6C5)C=C/C4=C\C=C3)cc(F)c2n1. The third-order valence-corrected chi connectivity index (χ3v) is 6.94. The predicted molar refractivity (Wildman–Crippen MR) is 125 cm³/mol. The third-order valence-electron chi connectivity index (χ3n) is 6.94. The Morgan fingerprint density at radius 2 is 1.97 bits per heavy atom. The number of aryl methyl sites for hydroxylation is 1. The first-order chi connectivity index (χ1) is 16.0. The molecule has 0 bridgehead atoms. The van der Waals surface area contributed by atoms with Crippen LogP contribution in [-0.2, 0) is 4.79 Å². The number of imidazole rings is 1. The fourth-order valence-corrected chi connectivity index (χ4v) is 5.26. The molecule has 4 aliphatic heterocycles. The molecule has 33 heavy (non-hydrogen) atoms. The van der Waals surface area contributed by atoms with Gasteiger partial charge in [-0.05, 0) is 56.2 Å². The third kappa shape index (κ3) is 3.62. The number of nitrogens with zero attached hydrogens (tertiary/aromatic N) is 5. The van der Waals surface area contributed by atoms with Crippen molar-refractivity contribution >= 4 is 17.1 Å². The van der Waals surface area contributed by atoms with Gasteiger partial charge in [0, 0.05) is 61.6 Å². The summed E-state index contributed by atoms with van der Waals surface area (Å²) in [6.45, 7) is 6.08. The molecule has 2 saturated heterocycles. The first kappa shape index (κ1) is 20.2. The van der Waals surface area contributed by atoms with E-state index in [4.69, 9.17) is 0 Å². The second-order valence-electron chi connectivity index (χ2n) is 9.11. The van der Waals surface area contributed by atoms with E-state index >= 15 is 0 Å². The molecule has 0 saturated carbocycles. The Balaban J connectivity index is 1.31. The van der Waals surface area contributed by atoms with Gasteiger partial charge < -0.3 is 9.30 Å². The number of fused-ring (bicyclic) bond motifs is 3. The number of piperazine rings is 1. The molecule has 1 amide bonds. The Morgan fingerprint density at radius 3 is 2.88 bits per heavy atom. The molecule has 0 aromatic carbocycles. The highest BCUT2D eigenvalue weighted by Gasteiger charge is 2.32. The number of amides is 1. The number of carbonyl (C=O) groups is 1. The van der Waals surface area contributed by atoms with Crippen LogP contribution in [0.15, 0.2) is 72.5 Å². The second kappa shape index (κ2) is 7.85. The van der Waals surface area contributed by atoms with E-state index in [1.54, 1.807) is 21.6 Å².